The molecule has 29 heavy (non-hydrogen) atoms. The lowest BCUT2D eigenvalue weighted by molar-refractivity contribution is -0.146. The predicted molar refractivity (Wildman–Crippen MR) is 115 cm³/mol. The van der Waals surface area contributed by atoms with Gasteiger partial charge in [0.05, 0.1) is 5.41 Å². The van der Waals surface area contributed by atoms with E-state index in [1.54, 1.807) is 4.90 Å². The van der Waals surface area contributed by atoms with Gasteiger partial charge in [0.2, 0.25) is 11.8 Å². The van der Waals surface area contributed by atoms with E-state index < -0.39 is 5.41 Å². The number of amides is 2. The van der Waals surface area contributed by atoms with Crippen LogP contribution in [0.1, 0.15) is 31.2 Å². The smallest absolute Gasteiger partial charge is 0.228 e. The molecule has 0 aromatic heterocycles. The Morgan fingerprint density at radius 1 is 0.931 bits per heavy atom. The van der Waals surface area contributed by atoms with E-state index in [-0.39, 0.29) is 11.8 Å². The Kier molecular flexibility index (Phi) is 5.44. The lowest BCUT2D eigenvalue weighted by Crippen LogP contribution is -2.51. The van der Waals surface area contributed by atoms with Gasteiger partial charge in [0.1, 0.15) is 0 Å². The second-order valence-electron chi connectivity index (χ2n) is 8.82. The van der Waals surface area contributed by atoms with Gasteiger partial charge in [0.25, 0.3) is 0 Å². The number of nitrogens with zero attached hydrogens (tertiary/aromatic N) is 2. The molecule has 1 heterocycles. The van der Waals surface area contributed by atoms with Crippen LogP contribution in [0.15, 0.2) is 54.6 Å². The average Bonchev–Trinajstić information content (AvgIpc) is 3.60. The van der Waals surface area contributed by atoms with Crippen molar-refractivity contribution in [2.75, 3.05) is 27.2 Å². The lowest BCUT2D eigenvalue weighted by atomic mass is 9.72. The average molecular weight is 391 g/mol. The second kappa shape index (κ2) is 8.02. The van der Waals surface area contributed by atoms with E-state index in [0.717, 1.165) is 32.1 Å². The molecule has 4 nitrogen and oxygen atoms in total. The highest BCUT2D eigenvalue weighted by atomic mass is 16.2. The van der Waals surface area contributed by atoms with Gasteiger partial charge < -0.3 is 9.80 Å². The number of hydrogen-bond donors (Lipinski definition) is 0. The summed E-state index contributed by atoms with van der Waals surface area (Å²) in [6.45, 7) is 1.38. The minimum absolute atomic E-state index is 0.183. The number of piperidine rings is 1. The van der Waals surface area contributed by atoms with Gasteiger partial charge in [-0.25, -0.2) is 0 Å². The highest BCUT2D eigenvalue weighted by molar-refractivity contribution is 5.84. The largest absolute Gasteiger partial charge is 0.348 e. The van der Waals surface area contributed by atoms with Crippen molar-refractivity contribution in [1.29, 1.82) is 0 Å². The Balaban J connectivity index is 1.50. The Labute approximate surface area is 173 Å². The fraction of sp³-hybridized carbons (Fsp3) is 0.440. The number of benzene rings is 2. The molecule has 0 N–H and O–H groups in total. The first-order valence-corrected chi connectivity index (χ1v) is 10.6. The van der Waals surface area contributed by atoms with E-state index >= 15 is 0 Å². The summed E-state index contributed by atoms with van der Waals surface area (Å²) < 4.78 is 0. The zero-order valence-corrected chi connectivity index (χ0v) is 17.4. The van der Waals surface area contributed by atoms with Gasteiger partial charge in [-0.05, 0) is 48.8 Å². The molecule has 4 heteroatoms. The molecule has 1 aliphatic carbocycles. The van der Waals surface area contributed by atoms with E-state index in [2.05, 4.69) is 36.4 Å². The molecule has 2 aromatic rings. The SMILES string of the molecule is CN(C)C(=O)C1(Cc2ccc(-c3ccccc3)cc2)CCN(C(=O)C2CC2)CC1. The van der Waals surface area contributed by atoms with Gasteiger partial charge in [-0.15, -0.1) is 0 Å². The van der Waals surface area contributed by atoms with Crippen LogP contribution in [0.25, 0.3) is 11.1 Å². The maximum atomic E-state index is 13.2. The Morgan fingerprint density at radius 2 is 1.52 bits per heavy atom. The summed E-state index contributed by atoms with van der Waals surface area (Å²) in [6.07, 6.45) is 4.27. The van der Waals surface area contributed by atoms with Crippen LogP contribution in [0, 0.1) is 11.3 Å². The summed E-state index contributed by atoms with van der Waals surface area (Å²) in [5.74, 6) is 0.726. The molecule has 2 fully saturated rings. The van der Waals surface area contributed by atoms with E-state index in [1.807, 2.05) is 37.2 Å². The monoisotopic (exact) mass is 390 g/mol. The fourth-order valence-electron chi connectivity index (χ4n) is 4.52. The highest BCUT2D eigenvalue weighted by Crippen LogP contribution is 2.39. The Hall–Kier alpha value is -2.62. The topological polar surface area (TPSA) is 40.6 Å². The number of carbonyl (C=O) groups excluding carboxylic acids is 2. The molecule has 0 atom stereocenters. The maximum absolute atomic E-state index is 13.2. The van der Waals surface area contributed by atoms with Gasteiger partial charge in [-0.3, -0.25) is 9.59 Å². The van der Waals surface area contributed by atoms with Crippen molar-refractivity contribution in [2.45, 2.75) is 32.1 Å². The maximum Gasteiger partial charge on any atom is 0.228 e. The second-order valence-corrected chi connectivity index (χ2v) is 8.82. The first-order valence-electron chi connectivity index (χ1n) is 10.6. The standard InChI is InChI=1S/C25H30N2O2/c1-26(2)24(29)25(14-16-27(17-15-25)23(28)22-12-13-22)18-19-8-10-21(11-9-19)20-6-4-3-5-7-20/h3-11,22H,12-18H2,1-2H3. The highest BCUT2D eigenvalue weighted by Gasteiger charge is 2.44. The molecule has 1 aliphatic heterocycles. The molecular formula is C25H30N2O2. The summed E-state index contributed by atoms with van der Waals surface area (Å²) in [7, 11) is 3.68. The first kappa shape index (κ1) is 19.7. The van der Waals surface area contributed by atoms with E-state index in [9.17, 15) is 9.59 Å². The fourth-order valence-corrected chi connectivity index (χ4v) is 4.52. The molecule has 0 bridgehead atoms. The first-order chi connectivity index (χ1) is 14.0. The Bertz CT molecular complexity index is 861. The Morgan fingerprint density at radius 3 is 2.07 bits per heavy atom. The van der Waals surface area contributed by atoms with Crippen LogP contribution in [0.5, 0.6) is 0 Å². The molecule has 152 valence electrons. The van der Waals surface area contributed by atoms with Crippen LogP contribution in [-0.2, 0) is 16.0 Å². The van der Waals surface area contributed by atoms with Gasteiger partial charge >= 0.3 is 0 Å². The van der Waals surface area contributed by atoms with Gasteiger partial charge in [-0.1, -0.05) is 54.6 Å². The molecule has 2 amide bonds. The minimum Gasteiger partial charge on any atom is -0.348 e. The molecule has 4 rings (SSSR count). The number of rotatable bonds is 5. The summed E-state index contributed by atoms with van der Waals surface area (Å²) >= 11 is 0. The molecule has 0 spiro atoms. The van der Waals surface area contributed by atoms with Gasteiger partial charge in [0, 0.05) is 33.1 Å². The third-order valence-corrected chi connectivity index (χ3v) is 6.42. The van der Waals surface area contributed by atoms with Crippen molar-refractivity contribution < 1.29 is 9.59 Å². The normalized spacial score (nSPS) is 18.3. The third-order valence-electron chi connectivity index (χ3n) is 6.42. The number of hydrogen-bond acceptors (Lipinski definition) is 2. The van der Waals surface area contributed by atoms with Crippen LogP contribution in [0.4, 0.5) is 0 Å². The van der Waals surface area contributed by atoms with Crippen LogP contribution < -0.4 is 0 Å². The lowest BCUT2D eigenvalue weighted by Gasteiger charge is -2.42. The summed E-state index contributed by atoms with van der Waals surface area (Å²) in [5, 5.41) is 0. The van der Waals surface area contributed by atoms with Crippen molar-refractivity contribution in [2.24, 2.45) is 11.3 Å². The van der Waals surface area contributed by atoms with Crippen LogP contribution in [0.3, 0.4) is 0 Å². The molecular weight excluding hydrogens is 360 g/mol. The van der Waals surface area contributed by atoms with Crippen molar-refractivity contribution >= 4 is 11.8 Å². The van der Waals surface area contributed by atoms with Crippen LogP contribution in [-0.4, -0.2) is 48.8 Å². The zero-order valence-electron chi connectivity index (χ0n) is 17.4. The predicted octanol–water partition coefficient (Wildman–Crippen LogP) is 4.00. The quantitative estimate of drug-likeness (QED) is 0.774. The molecule has 1 saturated heterocycles. The number of likely N-dealkylation sites (tertiary alicyclic amines) is 1. The zero-order chi connectivity index (χ0) is 20.4. The third kappa shape index (κ3) is 4.21. The van der Waals surface area contributed by atoms with E-state index in [0.29, 0.717) is 19.0 Å². The van der Waals surface area contributed by atoms with E-state index in [4.69, 9.17) is 0 Å². The molecule has 2 aliphatic rings. The van der Waals surface area contributed by atoms with Gasteiger partial charge in [-0.2, -0.15) is 0 Å². The molecule has 0 unspecified atom stereocenters. The summed E-state index contributed by atoms with van der Waals surface area (Å²) in [5.41, 5.74) is 3.15. The van der Waals surface area contributed by atoms with Crippen molar-refractivity contribution in [1.82, 2.24) is 9.80 Å². The van der Waals surface area contributed by atoms with Crippen molar-refractivity contribution in [3.05, 3.63) is 60.2 Å². The summed E-state index contributed by atoms with van der Waals surface area (Å²) in [6, 6.07) is 18.9. The van der Waals surface area contributed by atoms with Gasteiger partial charge in [0.15, 0.2) is 0 Å². The van der Waals surface area contributed by atoms with Crippen molar-refractivity contribution in [3.63, 3.8) is 0 Å². The van der Waals surface area contributed by atoms with Crippen molar-refractivity contribution in [3.8, 4) is 11.1 Å². The van der Waals surface area contributed by atoms with Crippen LogP contribution >= 0.6 is 0 Å². The molecule has 1 saturated carbocycles. The van der Waals surface area contributed by atoms with E-state index in [1.165, 1.54) is 16.7 Å². The minimum atomic E-state index is -0.419. The van der Waals surface area contributed by atoms with Crippen LogP contribution in [0.2, 0.25) is 0 Å². The summed E-state index contributed by atoms with van der Waals surface area (Å²) in [4.78, 5) is 29.3. The molecule has 0 radical (unpaired) electrons. The number of carbonyl (C=O) groups is 2. The molecule has 2 aromatic carbocycles.